The molecule has 30 fully saturated rings. The van der Waals surface area contributed by atoms with Crippen LogP contribution in [0.5, 0.6) is 0 Å². The minimum absolute atomic E-state index is 0.0414. The van der Waals surface area contributed by atoms with Gasteiger partial charge in [-0.15, -0.1) is 0 Å². The van der Waals surface area contributed by atoms with Gasteiger partial charge in [-0.3, -0.25) is 0 Å². The summed E-state index contributed by atoms with van der Waals surface area (Å²) >= 11 is 0. The lowest BCUT2D eigenvalue weighted by atomic mass is 9.80. The molecule has 30 nitrogen and oxygen atoms in total. The fourth-order valence-electron chi connectivity index (χ4n) is 13.9. The molecule has 29 saturated heterocycles. The average molecular weight is 1260 g/mol. The van der Waals surface area contributed by atoms with Crippen LogP contribution in [0.1, 0.15) is 120 Å². The van der Waals surface area contributed by atoms with Gasteiger partial charge in [-0.1, -0.05) is 61.8 Å². The third-order valence-corrected chi connectivity index (χ3v) is 19.1. The lowest BCUT2D eigenvalue weighted by Gasteiger charge is -2.51. The average Bonchev–Trinajstić information content (AvgIpc) is 1.42. The summed E-state index contributed by atoms with van der Waals surface area (Å²) in [6.45, 7) is 13.7. The number of hydrogen-bond donors (Lipinski definition) is 15. The zero-order chi connectivity index (χ0) is 63.2. The maximum atomic E-state index is 11.7. The van der Waals surface area contributed by atoms with E-state index in [4.69, 9.17) is 71.1 Å². The van der Waals surface area contributed by atoms with Gasteiger partial charge in [0, 0.05) is 6.42 Å². The molecule has 1 aliphatic carbocycles. The Bertz CT molecular complexity index is 2100. The summed E-state index contributed by atoms with van der Waals surface area (Å²) in [5.74, 6) is -0.444. The van der Waals surface area contributed by atoms with Crippen molar-refractivity contribution >= 4 is 0 Å². The van der Waals surface area contributed by atoms with E-state index in [9.17, 15) is 76.6 Å². The van der Waals surface area contributed by atoms with Crippen LogP contribution in [0.15, 0.2) is 0 Å². The number of aliphatic hydroxyl groups is 15. The Morgan fingerprint density at radius 3 is 0.575 bits per heavy atom. The van der Waals surface area contributed by atoms with Crippen LogP contribution < -0.4 is 0 Å². The van der Waals surface area contributed by atoms with Crippen molar-refractivity contribution in [1.82, 2.24) is 0 Å². The second-order valence-corrected chi connectivity index (χ2v) is 24.7. The first kappa shape index (κ1) is 70.1. The van der Waals surface area contributed by atoms with Crippen LogP contribution in [-0.2, 0) is 71.1 Å². The second-order valence-electron chi connectivity index (χ2n) is 24.7. The Balaban J connectivity index is 0.967. The van der Waals surface area contributed by atoms with Gasteiger partial charge < -0.3 is 148 Å². The molecule has 0 amide bonds. The topological polar surface area (TPSA) is 442 Å². The quantitative estimate of drug-likeness (QED) is 0.109. The molecule has 506 valence electrons. The van der Waals surface area contributed by atoms with E-state index in [2.05, 4.69) is 0 Å². The first-order chi connectivity index (χ1) is 41.5. The van der Waals surface area contributed by atoms with Gasteiger partial charge in [0.2, 0.25) is 0 Å². The summed E-state index contributed by atoms with van der Waals surface area (Å²) in [4.78, 5) is 0. The van der Waals surface area contributed by atoms with Crippen molar-refractivity contribution in [2.24, 2.45) is 5.92 Å². The lowest BCUT2D eigenvalue weighted by molar-refractivity contribution is -0.396. The molecule has 30 heteroatoms. The van der Waals surface area contributed by atoms with E-state index >= 15 is 0 Å². The lowest BCUT2D eigenvalue weighted by Crippen LogP contribution is -2.67. The smallest absolute Gasteiger partial charge is 0.187 e. The van der Waals surface area contributed by atoms with Crippen molar-refractivity contribution in [3.05, 3.63) is 0 Å². The van der Waals surface area contributed by atoms with Crippen LogP contribution in [0.2, 0.25) is 0 Å². The Kier molecular flexibility index (Phi) is 24.2. The molecule has 29 aliphatic heterocycles. The molecular formula is C57H98O30. The highest BCUT2D eigenvalue weighted by molar-refractivity contribution is 5.02. The normalized spacial score (nSPS) is 55.0. The maximum absolute atomic E-state index is 11.7. The van der Waals surface area contributed by atoms with Gasteiger partial charge in [-0.25, -0.2) is 0 Å². The molecule has 0 aromatic heterocycles. The van der Waals surface area contributed by atoms with E-state index in [1.807, 2.05) is 6.92 Å². The van der Waals surface area contributed by atoms with Gasteiger partial charge in [-0.2, -0.15) is 0 Å². The summed E-state index contributed by atoms with van der Waals surface area (Å²) in [5.41, 5.74) is 0. The van der Waals surface area contributed by atoms with E-state index in [0.717, 1.165) is 0 Å². The Morgan fingerprint density at radius 2 is 0.391 bits per heavy atom. The molecule has 15 N–H and O–H groups in total. The van der Waals surface area contributed by atoms with Crippen LogP contribution in [0.4, 0.5) is 0 Å². The summed E-state index contributed by atoms with van der Waals surface area (Å²) < 4.78 is 92.9. The predicted molar refractivity (Wildman–Crippen MR) is 289 cm³/mol. The zero-order valence-electron chi connectivity index (χ0n) is 50.4. The maximum Gasteiger partial charge on any atom is 0.187 e. The van der Waals surface area contributed by atoms with Crippen molar-refractivity contribution in [3.63, 3.8) is 0 Å². The highest BCUT2D eigenvalue weighted by Gasteiger charge is 2.59. The van der Waals surface area contributed by atoms with Crippen molar-refractivity contribution in [2.45, 2.75) is 353 Å². The van der Waals surface area contributed by atoms with Crippen LogP contribution in [0, 0.1) is 5.92 Å². The van der Waals surface area contributed by atoms with Crippen molar-refractivity contribution < 1.29 is 148 Å². The molecule has 30 aliphatic rings. The Hall–Kier alpha value is -1.20. The van der Waals surface area contributed by atoms with Gasteiger partial charge in [0.25, 0.3) is 0 Å². The number of ether oxygens (including phenoxy) is 15. The van der Waals surface area contributed by atoms with E-state index in [1.165, 1.54) is 0 Å². The van der Waals surface area contributed by atoms with Crippen molar-refractivity contribution in [2.75, 3.05) is 0 Å². The fourth-order valence-corrected chi connectivity index (χ4v) is 13.9. The summed E-state index contributed by atoms with van der Waals surface area (Å²) in [7, 11) is 0. The van der Waals surface area contributed by atoms with Crippen molar-refractivity contribution in [1.29, 1.82) is 0 Å². The molecule has 0 aromatic rings. The van der Waals surface area contributed by atoms with Crippen LogP contribution in [0.3, 0.4) is 0 Å². The molecule has 0 aromatic carbocycles. The fraction of sp³-hybridized carbons (Fsp3) is 1.00. The van der Waals surface area contributed by atoms with Crippen molar-refractivity contribution in [3.8, 4) is 0 Å². The van der Waals surface area contributed by atoms with Gasteiger partial charge in [0.1, 0.15) is 128 Å². The van der Waals surface area contributed by atoms with E-state index in [0.29, 0.717) is 6.42 Å². The molecule has 30 rings (SSSR count). The van der Waals surface area contributed by atoms with Crippen LogP contribution in [0.25, 0.3) is 0 Å². The van der Waals surface area contributed by atoms with E-state index < -0.39 is 239 Å². The molecular weight excluding hydrogens is 1160 g/mol. The molecule has 39 unspecified atom stereocenters. The third-order valence-electron chi connectivity index (χ3n) is 19.1. The molecule has 39 atom stereocenters. The SMILES string of the molecule is CCC1CC2CC(O)C1OC1OC(CC)C(OC3OC(CC)C(OC4OC(CC)C(OC5OC(CC)C(OC6OC(CC)C(OC7OC(CC)C(OC8OC(CC)C(O2)C(O)C8O)C(O)C7O)C(O)C6O)C(O)C5O)C(O)C4O)C(O)C3O)C(O)C1O. The largest absolute Gasteiger partial charge is 0.390 e. The summed E-state index contributed by atoms with van der Waals surface area (Å²) in [6, 6.07) is 0. The number of aliphatic hydroxyl groups excluding tert-OH is 15. The molecule has 0 radical (unpaired) electrons. The second kappa shape index (κ2) is 30.0. The Morgan fingerprint density at radius 1 is 0.207 bits per heavy atom. The number of hydrogen-bond acceptors (Lipinski definition) is 30. The van der Waals surface area contributed by atoms with E-state index in [1.54, 1.807) is 48.5 Å². The minimum Gasteiger partial charge on any atom is -0.390 e. The van der Waals surface area contributed by atoms with Gasteiger partial charge in [0.15, 0.2) is 44.0 Å². The molecule has 29 heterocycles. The molecule has 1 saturated carbocycles. The molecule has 87 heavy (non-hydrogen) atoms. The minimum atomic E-state index is -1.91. The molecule has 16 bridgehead atoms. The first-order valence-electron chi connectivity index (χ1n) is 31.5. The monoisotopic (exact) mass is 1260 g/mol. The third kappa shape index (κ3) is 14.1. The van der Waals surface area contributed by atoms with Crippen LogP contribution in [-0.4, -0.2) is 310 Å². The standard InChI is InChI=1S/C57H98O30/c1-9-19-17-20-18-21(58)43(19)81-51-37(67)30(60)45(23(11-3)75-51)83-53-39(69)32(62)47(25(13-5)77-53)85-55-41(71)34(64)49(27(15-7)79-55)87-57-42(72)35(65)50(28(16-8)80-57)86-56-40(70)33(63)48(26(14-6)78-56)84-54-38(68)31(61)46(24(12-4)76-54)82-52-36(66)29(59)44(73-20)22(10-2)74-52/h19-72H,9-18H2,1-8H3. The van der Waals surface area contributed by atoms with E-state index in [-0.39, 0.29) is 57.8 Å². The molecule has 0 spiro atoms. The van der Waals surface area contributed by atoms with Gasteiger partial charge in [0.05, 0.1) is 61.0 Å². The predicted octanol–water partition coefficient (Wildman–Crippen LogP) is -4.37. The first-order valence-corrected chi connectivity index (χ1v) is 31.5. The summed E-state index contributed by atoms with van der Waals surface area (Å²) in [6.07, 6.45) is -55.2. The van der Waals surface area contributed by atoms with Gasteiger partial charge in [-0.05, 0) is 57.3 Å². The van der Waals surface area contributed by atoms with Gasteiger partial charge >= 0.3 is 0 Å². The zero-order valence-corrected chi connectivity index (χ0v) is 50.4. The Labute approximate surface area is 505 Å². The highest BCUT2D eigenvalue weighted by Crippen LogP contribution is 2.42. The highest BCUT2D eigenvalue weighted by atomic mass is 16.8. The van der Waals surface area contributed by atoms with Crippen LogP contribution >= 0.6 is 0 Å². The summed E-state index contributed by atoms with van der Waals surface area (Å²) in [5, 5.41) is 175. The number of rotatable bonds is 8.